The number of phenolic OH excluding ortho intramolecular Hbond substituents is 2. The number of aromatic hydroxyl groups is 2. The number of aliphatic carboxylic acids is 2. The Kier molecular flexibility index (Phi) is 8.60. The van der Waals surface area contributed by atoms with Gasteiger partial charge in [0, 0.05) is 37.3 Å². The summed E-state index contributed by atoms with van der Waals surface area (Å²) in [7, 11) is 0. The zero-order valence-corrected chi connectivity index (χ0v) is 16.4. The van der Waals surface area contributed by atoms with Gasteiger partial charge in [-0.3, -0.25) is 19.4 Å². The zero-order valence-electron chi connectivity index (χ0n) is 16.4. The summed E-state index contributed by atoms with van der Waals surface area (Å²) in [5, 5.41) is 48.7. The largest absolute Gasteiger partial charge is 0.508 e. The Morgan fingerprint density at radius 3 is 1.43 bits per heavy atom. The number of carboxylic acids is 2. The predicted octanol–water partition coefficient (Wildman–Crippen LogP) is 0.932. The topological polar surface area (TPSA) is 142 Å². The summed E-state index contributed by atoms with van der Waals surface area (Å²) in [5.41, 5.74) is 1.03. The molecule has 0 fully saturated rings. The van der Waals surface area contributed by atoms with E-state index in [1.807, 2.05) is 0 Å². The van der Waals surface area contributed by atoms with Crippen LogP contribution in [0.25, 0.3) is 0 Å². The third kappa shape index (κ3) is 7.70. The minimum absolute atomic E-state index is 0.0226. The van der Waals surface area contributed by atoms with Crippen LogP contribution in [0.3, 0.4) is 0 Å². The second kappa shape index (κ2) is 11.1. The summed E-state index contributed by atoms with van der Waals surface area (Å²) in [6, 6.07) is 13.0. The fourth-order valence-corrected chi connectivity index (χ4v) is 3.18. The monoisotopic (exact) mass is 418 g/mol. The van der Waals surface area contributed by atoms with Gasteiger partial charge < -0.3 is 25.5 Å². The molecule has 162 valence electrons. The van der Waals surface area contributed by atoms with E-state index < -0.39 is 18.0 Å². The normalized spacial score (nSPS) is 11.3. The quantitative estimate of drug-likeness (QED) is 0.340. The molecule has 0 spiro atoms. The van der Waals surface area contributed by atoms with Crippen LogP contribution in [0.5, 0.6) is 11.5 Å². The smallest absolute Gasteiger partial charge is 0.317 e. The van der Waals surface area contributed by atoms with Gasteiger partial charge in [-0.2, -0.15) is 0 Å². The zero-order chi connectivity index (χ0) is 22.1. The lowest BCUT2D eigenvalue weighted by atomic mass is 10.1. The molecule has 2 aromatic rings. The molecule has 0 saturated heterocycles. The molecule has 0 heterocycles. The first kappa shape index (κ1) is 23.1. The van der Waals surface area contributed by atoms with E-state index in [1.165, 1.54) is 21.9 Å². The van der Waals surface area contributed by atoms with E-state index in [0.717, 1.165) is 0 Å². The number of rotatable bonds is 12. The van der Waals surface area contributed by atoms with Crippen molar-refractivity contribution in [1.29, 1.82) is 0 Å². The Morgan fingerprint density at radius 1 is 0.733 bits per heavy atom. The minimum Gasteiger partial charge on any atom is -0.508 e. The Morgan fingerprint density at radius 2 is 1.10 bits per heavy atom. The van der Waals surface area contributed by atoms with Gasteiger partial charge in [0.15, 0.2) is 0 Å². The van der Waals surface area contributed by atoms with Crippen LogP contribution in [0.2, 0.25) is 0 Å². The summed E-state index contributed by atoms with van der Waals surface area (Å²) in [5.74, 6) is -2.13. The van der Waals surface area contributed by atoms with E-state index >= 15 is 0 Å². The maximum absolute atomic E-state index is 11.2. The van der Waals surface area contributed by atoms with Crippen molar-refractivity contribution in [2.75, 3.05) is 26.2 Å². The molecule has 2 rings (SSSR count). The molecule has 0 atom stereocenters. The molecule has 30 heavy (non-hydrogen) atoms. The van der Waals surface area contributed by atoms with Gasteiger partial charge in [-0.05, 0) is 12.1 Å². The van der Waals surface area contributed by atoms with E-state index in [4.69, 9.17) is 10.2 Å². The summed E-state index contributed by atoms with van der Waals surface area (Å²) < 4.78 is 0. The van der Waals surface area contributed by atoms with E-state index in [2.05, 4.69) is 0 Å². The molecule has 9 nitrogen and oxygen atoms in total. The van der Waals surface area contributed by atoms with Gasteiger partial charge in [-0.15, -0.1) is 0 Å². The fraction of sp³-hybridized carbons (Fsp3) is 0.333. The van der Waals surface area contributed by atoms with Crippen LogP contribution in [0, 0.1) is 0 Å². The van der Waals surface area contributed by atoms with E-state index in [0.29, 0.717) is 11.1 Å². The third-order valence-electron chi connectivity index (χ3n) is 4.43. The van der Waals surface area contributed by atoms with Crippen LogP contribution in [-0.2, 0) is 22.7 Å². The Bertz CT molecular complexity index is 789. The molecule has 9 heteroatoms. The van der Waals surface area contributed by atoms with Crippen molar-refractivity contribution in [2.45, 2.75) is 19.2 Å². The molecule has 2 aromatic carbocycles. The first-order valence-electron chi connectivity index (χ1n) is 9.34. The van der Waals surface area contributed by atoms with Gasteiger partial charge >= 0.3 is 11.9 Å². The maximum Gasteiger partial charge on any atom is 0.317 e. The molecule has 0 aliphatic heterocycles. The highest BCUT2D eigenvalue weighted by Gasteiger charge is 2.21. The second-order valence-corrected chi connectivity index (χ2v) is 7.04. The summed E-state index contributed by atoms with van der Waals surface area (Å²) in [6.07, 6.45) is -1.06. The van der Waals surface area contributed by atoms with Crippen LogP contribution in [0.4, 0.5) is 0 Å². The lowest BCUT2D eigenvalue weighted by Gasteiger charge is -2.28. The van der Waals surface area contributed by atoms with Crippen LogP contribution in [0.15, 0.2) is 48.5 Å². The van der Waals surface area contributed by atoms with Gasteiger partial charge in [-0.1, -0.05) is 36.4 Å². The van der Waals surface area contributed by atoms with Gasteiger partial charge in [0.1, 0.15) is 11.5 Å². The van der Waals surface area contributed by atoms with Gasteiger partial charge in [-0.25, -0.2) is 0 Å². The van der Waals surface area contributed by atoms with Crippen molar-refractivity contribution in [3.63, 3.8) is 0 Å². The van der Waals surface area contributed by atoms with Crippen molar-refractivity contribution >= 4 is 11.9 Å². The highest BCUT2D eigenvalue weighted by molar-refractivity contribution is 5.69. The van der Waals surface area contributed by atoms with Crippen LogP contribution >= 0.6 is 0 Å². The first-order chi connectivity index (χ1) is 14.2. The first-order valence-corrected chi connectivity index (χ1v) is 9.34. The number of aliphatic hydroxyl groups is 1. The Hall–Kier alpha value is -3.14. The molecule has 0 radical (unpaired) electrons. The van der Waals surface area contributed by atoms with Crippen LogP contribution in [0.1, 0.15) is 11.1 Å². The number of nitrogens with zero attached hydrogens (tertiary/aromatic N) is 2. The van der Waals surface area contributed by atoms with E-state index in [9.17, 15) is 24.9 Å². The summed E-state index contributed by atoms with van der Waals surface area (Å²) in [6.45, 7) is -0.592. The third-order valence-corrected chi connectivity index (χ3v) is 4.43. The van der Waals surface area contributed by atoms with Crippen LogP contribution < -0.4 is 0 Å². The number of benzene rings is 2. The van der Waals surface area contributed by atoms with Crippen molar-refractivity contribution in [1.82, 2.24) is 9.80 Å². The number of phenols is 2. The molecule has 0 amide bonds. The highest BCUT2D eigenvalue weighted by Crippen LogP contribution is 2.19. The van der Waals surface area contributed by atoms with Crippen molar-refractivity contribution in [3.8, 4) is 11.5 Å². The lowest BCUT2D eigenvalue weighted by Crippen LogP contribution is -2.43. The average Bonchev–Trinajstić information content (AvgIpc) is 2.64. The number of para-hydroxylation sites is 2. The summed E-state index contributed by atoms with van der Waals surface area (Å²) in [4.78, 5) is 25.3. The highest BCUT2D eigenvalue weighted by atomic mass is 16.4. The minimum atomic E-state index is -1.09. The van der Waals surface area contributed by atoms with Gasteiger partial charge in [0.05, 0.1) is 19.2 Å². The fourth-order valence-electron chi connectivity index (χ4n) is 3.18. The maximum atomic E-state index is 11.2. The second-order valence-electron chi connectivity index (χ2n) is 7.04. The number of carbonyl (C=O) groups is 2. The number of hydrogen-bond donors (Lipinski definition) is 5. The molecule has 0 aliphatic carbocycles. The molecule has 0 unspecified atom stereocenters. The Labute approximate surface area is 174 Å². The standard InChI is InChI=1S/C21H26N2O7/c24-17(11-22(13-20(27)28)9-15-5-1-3-7-18(15)25)12-23(14-21(29)30)10-16-6-2-4-8-19(16)26/h1-8,17,24-26H,9-14H2,(H,27,28)(H,29,30). The molecule has 5 N–H and O–H groups in total. The van der Waals surface area contributed by atoms with Crippen molar-refractivity contribution in [2.24, 2.45) is 0 Å². The van der Waals surface area contributed by atoms with E-state index in [1.54, 1.807) is 36.4 Å². The predicted molar refractivity (Wildman–Crippen MR) is 108 cm³/mol. The van der Waals surface area contributed by atoms with Gasteiger partial charge in [0.2, 0.25) is 0 Å². The lowest BCUT2D eigenvalue weighted by molar-refractivity contribution is -0.139. The Balaban J connectivity index is 2.06. The summed E-state index contributed by atoms with van der Waals surface area (Å²) >= 11 is 0. The molecular formula is C21H26N2O7. The number of hydrogen-bond acceptors (Lipinski definition) is 7. The number of carboxylic acid groups (broad SMARTS) is 2. The van der Waals surface area contributed by atoms with E-state index in [-0.39, 0.29) is 50.8 Å². The number of aliphatic hydroxyl groups excluding tert-OH is 1. The van der Waals surface area contributed by atoms with Gasteiger partial charge in [0.25, 0.3) is 0 Å². The molecule has 0 bridgehead atoms. The molecular weight excluding hydrogens is 392 g/mol. The molecule has 0 aliphatic rings. The van der Waals surface area contributed by atoms with Crippen LogP contribution in [-0.4, -0.2) is 79.6 Å². The van der Waals surface area contributed by atoms with Crippen molar-refractivity contribution < 1.29 is 35.1 Å². The molecule has 0 aromatic heterocycles. The van der Waals surface area contributed by atoms with Crippen molar-refractivity contribution in [3.05, 3.63) is 59.7 Å². The average molecular weight is 418 g/mol. The SMILES string of the molecule is O=C(O)CN(Cc1ccccc1O)CC(O)CN(CC(=O)O)Cc1ccccc1O. The molecule has 0 saturated carbocycles.